The van der Waals surface area contributed by atoms with Crippen molar-refractivity contribution in [3.8, 4) is 11.8 Å². The summed E-state index contributed by atoms with van der Waals surface area (Å²) in [6.07, 6.45) is 0.222. The molecule has 7 heteroatoms. The van der Waals surface area contributed by atoms with Gasteiger partial charge in [0.1, 0.15) is 12.4 Å². The minimum Gasteiger partial charge on any atom is -0.489 e. The fourth-order valence-electron chi connectivity index (χ4n) is 2.31. The van der Waals surface area contributed by atoms with E-state index in [1.807, 2.05) is 54.6 Å². The maximum absolute atomic E-state index is 11.7. The number of hydrogen-bond donors (Lipinski definition) is 0. The first-order chi connectivity index (χ1) is 12.7. The highest BCUT2D eigenvalue weighted by molar-refractivity contribution is 6.30. The highest BCUT2D eigenvalue weighted by Crippen LogP contribution is 2.18. The zero-order valence-electron chi connectivity index (χ0n) is 13.9. The lowest BCUT2D eigenvalue weighted by atomic mass is 10.2. The van der Waals surface area contributed by atoms with Gasteiger partial charge in [-0.05, 0) is 42.0 Å². The van der Waals surface area contributed by atoms with Crippen molar-refractivity contribution >= 4 is 23.4 Å². The van der Waals surface area contributed by atoms with Crippen LogP contribution in [0.4, 0.5) is 0 Å². The van der Waals surface area contributed by atoms with Gasteiger partial charge >= 0.3 is 0 Å². The number of nitrogens with zero attached hydrogens (tertiary/aromatic N) is 3. The zero-order valence-corrected chi connectivity index (χ0v) is 14.6. The average Bonchev–Trinajstić information content (AvgIpc) is 2.67. The second-order valence-corrected chi connectivity index (χ2v) is 5.99. The third-order valence-electron chi connectivity index (χ3n) is 3.69. The summed E-state index contributed by atoms with van der Waals surface area (Å²) >= 11 is 5.86. The van der Waals surface area contributed by atoms with Crippen molar-refractivity contribution in [2.24, 2.45) is 5.10 Å². The lowest BCUT2D eigenvalue weighted by molar-refractivity contribution is -0.135. The zero-order chi connectivity index (χ0) is 18.4. The summed E-state index contributed by atoms with van der Waals surface area (Å²) in [6.45, 7) is 0.605. The van der Waals surface area contributed by atoms with Crippen molar-refractivity contribution in [1.29, 1.82) is 5.26 Å². The minimum absolute atomic E-state index is 0.0842. The third kappa shape index (κ3) is 4.52. The molecular formula is C19H16ClN3O3. The predicted molar refractivity (Wildman–Crippen MR) is 96.7 cm³/mol. The number of halogens is 1. The maximum atomic E-state index is 11.7. The van der Waals surface area contributed by atoms with Crippen LogP contribution in [0.5, 0.6) is 5.75 Å². The van der Waals surface area contributed by atoms with E-state index in [4.69, 9.17) is 26.3 Å². The van der Waals surface area contributed by atoms with Gasteiger partial charge in [0.25, 0.3) is 5.91 Å². The Morgan fingerprint density at radius 2 is 1.92 bits per heavy atom. The maximum Gasteiger partial charge on any atom is 0.280 e. The fourth-order valence-corrected chi connectivity index (χ4v) is 2.44. The van der Waals surface area contributed by atoms with Crippen LogP contribution in [0.15, 0.2) is 53.6 Å². The van der Waals surface area contributed by atoms with Crippen LogP contribution in [-0.4, -0.2) is 30.0 Å². The molecule has 3 rings (SSSR count). The van der Waals surface area contributed by atoms with Crippen molar-refractivity contribution in [2.45, 2.75) is 13.0 Å². The molecule has 1 aliphatic heterocycles. The lowest BCUT2D eigenvalue weighted by Crippen LogP contribution is -2.37. The predicted octanol–water partition coefficient (Wildman–Crippen LogP) is 3.35. The summed E-state index contributed by atoms with van der Waals surface area (Å²) in [7, 11) is 0. The first kappa shape index (κ1) is 17.8. The monoisotopic (exact) mass is 369 g/mol. The summed E-state index contributed by atoms with van der Waals surface area (Å²) in [5, 5.41) is 14.8. The van der Waals surface area contributed by atoms with Gasteiger partial charge in [-0.3, -0.25) is 4.79 Å². The third-order valence-corrected chi connectivity index (χ3v) is 3.94. The Morgan fingerprint density at radius 1 is 1.19 bits per heavy atom. The second-order valence-electron chi connectivity index (χ2n) is 5.56. The number of rotatable bonds is 6. The van der Waals surface area contributed by atoms with Crippen LogP contribution in [0.2, 0.25) is 5.02 Å². The molecule has 1 heterocycles. The lowest BCUT2D eigenvalue weighted by Gasteiger charge is -2.23. The van der Waals surface area contributed by atoms with E-state index >= 15 is 0 Å². The van der Waals surface area contributed by atoms with Crippen molar-refractivity contribution in [2.75, 3.05) is 13.2 Å². The van der Waals surface area contributed by atoms with E-state index < -0.39 is 0 Å². The van der Waals surface area contributed by atoms with Crippen molar-refractivity contribution in [3.05, 3.63) is 64.7 Å². The van der Waals surface area contributed by atoms with Crippen LogP contribution in [-0.2, 0) is 16.1 Å². The summed E-state index contributed by atoms with van der Waals surface area (Å²) < 4.78 is 11.1. The van der Waals surface area contributed by atoms with E-state index in [1.54, 1.807) is 0 Å². The van der Waals surface area contributed by atoms with Crippen LogP contribution >= 0.6 is 11.6 Å². The summed E-state index contributed by atoms with van der Waals surface area (Å²) in [4.78, 5) is 11.7. The van der Waals surface area contributed by atoms with Crippen molar-refractivity contribution < 1.29 is 14.3 Å². The van der Waals surface area contributed by atoms with Crippen molar-refractivity contribution in [1.82, 2.24) is 5.01 Å². The Balaban J connectivity index is 1.64. The summed E-state index contributed by atoms with van der Waals surface area (Å²) in [5.41, 5.74) is 1.75. The Bertz CT molecular complexity index is 842. The number of nitriles is 1. The molecule has 0 saturated heterocycles. The number of amides is 1. The van der Waals surface area contributed by atoms with Gasteiger partial charge in [0.2, 0.25) is 5.90 Å². The smallest absolute Gasteiger partial charge is 0.280 e. The van der Waals surface area contributed by atoms with Crippen LogP contribution in [0, 0.1) is 11.3 Å². The van der Waals surface area contributed by atoms with E-state index in [-0.39, 0.29) is 25.5 Å². The molecule has 132 valence electrons. The van der Waals surface area contributed by atoms with E-state index in [2.05, 4.69) is 5.10 Å². The quantitative estimate of drug-likeness (QED) is 0.782. The number of carbonyl (C=O) groups is 1. The van der Waals surface area contributed by atoms with Crippen LogP contribution < -0.4 is 4.74 Å². The molecule has 0 unspecified atom stereocenters. The van der Waals surface area contributed by atoms with Gasteiger partial charge in [-0.25, -0.2) is 5.01 Å². The average molecular weight is 370 g/mol. The molecule has 2 aromatic carbocycles. The molecule has 0 fully saturated rings. The van der Waals surface area contributed by atoms with E-state index in [9.17, 15) is 4.79 Å². The molecule has 0 atom stereocenters. The minimum atomic E-state index is -0.257. The Hall–Kier alpha value is -3.04. The molecule has 0 N–H and O–H groups in total. The Kier molecular flexibility index (Phi) is 5.72. The first-order valence-electron chi connectivity index (χ1n) is 8.02. The molecule has 0 bridgehead atoms. The number of carbonyl (C=O) groups excluding carboxylic acids is 1. The van der Waals surface area contributed by atoms with Gasteiger partial charge < -0.3 is 9.47 Å². The van der Waals surface area contributed by atoms with Gasteiger partial charge in [-0.1, -0.05) is 23.7 Å². The standard InChI is InChI=1S/C19H16ClN3O3/c20-16-6-2-14(3-7-16)12-25-17-8-4-15(5-9-17)19-22-23(11-1-10-21)18(24)13-26-19/h2-9H,1,11-13H2. The van der Waals surface area contributed by atoms with E-state index in [0.717, 1.165) is 11.1 Å². The highest BCUT2D eigenvalue weighted by Gasteiger charge is 2.22. The van der Waals surface area contributed by atoms with Gasteiger partial charge in [0.05, 0.1) is 19.0 Å². The molecule has 0 spiro atoms. The number of ether oxygens (including phenoxy) is 2. The van der Waals surface area contributed by atoms with Gasteiger partial charge in [0, 0.05) is 10.6 Å². The van der Waals surface area contributed by atoms with Crippen LogP contribution in [0.1, 0.15) is 17.5 Å². The highest BCUT2D eigenvalue weighted by atomic mass is 35.5. The van der Waals surface area contributed by atoms with Gasteiger partial charge in [-0.2, -0.15) is 5.26 Å². The first-order valence-corrected chi connectivity index (χ1v) is 8.40. The van der Waals surface area contributed by atoms with Crippen LogP contribution in [0.3, 0.4) is 0 Å². The Morgan fingerprint density at radius 3 is 2.62 bits per heavy atom. The molecule has 0 aromatic heterocycles. The molecule has 1 aliphatic rings. The molecule has 0 saturated carbocycles. The molecule has 1 amide bonds. The molecule has 0 radical (unpaired) electrons. The van der Waals surface area contributed by atoms with Gasteiger partial charge in [-0.15, -0.1) is 5.10 Å². The molecule has 2 aromatic rings. The second kappa shape index (κ2) is 8.37. The molecular weight excluding hydrogens is 354 g/mol. The fraction of sp³-hybridized carbons (Fsp3) is 0.211. The number of benzene rings is 2. The van der Waals surface area contributed by atoms with Gasteiger partial charge in [0.15, 0.2) is 6.61 Å². The topological polar surface area (TPSA) is 74.9 Å². The number of hydrazone groups is 1. The largest absolute Gasteiger partial charge is 0.489 e. The molecule has 6 nitrogen and oxygen atoms in total. The van der Waals surface area contributed by atoms with Crippen molar-refractivity contribution in [3.63, 3.8) is 0 Å². The SMILES string of the molecule is N#CCCN1N=C(c2ccc(OCc3ccc(Cl)cc3)cc2)OCC1=O. The Labute approximate surface area is 156 Å². The van der Waals surface area contributed by atoms with E-state index in [1.165, 1.54) is 5.01 Å². The van der Waals surface area contributed by atoms with E-state index in [0.29, 0.717) is 23.3 Å². The molecule has 0 aliphatic carbocycles. The summed E-state index contributed by atoms with van der Waals surface area (Å²) in [5.74, 6) is 0.802. The van der Waals surface area contributed by atoms with Crippen LogP contribution in [0.25, 0.3) is 0 Å². The summed E-state index contributed by atoms with van der Waals surface area (Å²) in [6, 6.07) is 16.7. The number of hydrogen-bond acceptors (Lipinski definition) is 5. The molecule has 26 heavy (non-hydrogen) atoms. The normalized spacial score (nSPS) is 13.6.